The summed E-state index contributed by atoms with van der Waals surface area (Å²) in [6.45, 7) is 8.18. The number of nitrogens with zero attached hydrogens (tertiary/aromatic N) is 2. The van der Waals surface area contributed by atoms with Gasteiger partial charge in [-0.1, -0.05) is 58.0 Å². The van der Waals surface area contributed by atoms with Gasteiger partial charge in [0.1, 0.15) is 0 Å². The number of rotatable bonds is 6. The van der Waals surface area contributed by atoms with E-state index in [0.717, 1.165) is 5.56 Å². The minimum atomic E-state index is -0.491. The van der Waals surface area contributed by atoms with Crippen LogP contribution in [0.1, 0.15) is 38.1 Å². The average molecular weight is 327 g/mol. The molecule has 0 spiro atoms. The van der Waals surface area contributed by atoms with Crippen molar-refractivity contribution in [2.45, 2.75) is 33.8 Å². The number of nitrogens with one attached hydrogen (secondary N) is 1. The lowest BCUT2D eigenvalue weighted by atomic mass is 9.80. The molecule has 2 N–H and O–H groups in total. The maximum absolute atomic E-state index is 12.3. The minimum Gasteiger partial charge on any atom is -0.392 e. The molecule has 5 nitrogen and oxygen atoms in total. The molecule has 24 heavy (non-hydrogen) atoms. The van der Waals surface area contributed by atoms with E-state index in [4.69, 9.17) is 0 Å². The van der Waals surface area contributed by atoms with Crippen molar-refractivity contribution in [3.63, 3.8) is 0 Å². The second kappa shape index (κ2) is 7.53. The zero-order valence-corrected chi connectivity index (χ0v) is 14.7. The van der Waals surface area contributed by atoms with Gasteiger partial charge in [0.25, 0.3) is 5.91 Å². The molecule has 5 heteroatoms. The quantitative estimate of drug-likeness (QED) is 0.855. The van der Waals surface area contributed by atoms with E-state index >= 15 is 0 Å². The first-order chi connectivity index (χ1) is 11.3. The lowest BCUT2D eigenvalue weighted by molar-refractivity contribution is 0.0138. The average Bonchev–Trinajstić information content (AvgIpc) is 2.60. The van der Waals surface area contributed by atoms with E-state index in [1.165, 1.54) is 12.4 Å². The fourth-order valence-corrected chi connectivity index (χ4v) is 2.60. The third-order valence-electron chi connectivity index (χ3n) is 4.08. The molecule has 0 bridgehead atoms. The Labute approximate surface area is 143 Å². The Balaban J connectivity index is 2.01. The van der Waals surface area contributed by atoms with Gasteiger partial charge in [0.15, 0.2) is 5.82 Å². The van der Waals surface area contributed by atoms with Gasteiger partial charge in [-0.2, -0.15) is 0 Å². The first kappa shape index (κ1) is 18.1. The van der Waals surface area contributed by atoms with Crippen LogP contribution in [0.4, 0.5) is 0 Å². The third kappa shape index (κ3) is 4.38. The molecule has 0 radical (unpaired) electrons. The summed E-state index contributed by atoms with van der Waals surface area (Å²) >= 11 is 0. The number of benzene rings is 1. The van der Waals surface area contributed by atoms with Crippen LogP contribution in [0.25, 0.3) is 11.4 Å². The highest BCUT2D eigenvalue weighted by atomic mass is 16.3. The van der Waals surface area contributed by atoms with Gasteiger partial charge in [0.05, 0.1) is 11.7 Å². The van der Waals surface area contributed by atoms with E-state index in [0.29, 0.717) is 17.9 Å². The second-order valence-corrected chi connectivity index (χ2v) is 7.02. The Morgan fingerprint density at radius 3 is 2.29 bits per heavy atom. The van der Waals surface area contributed by atoms with Crippen LogP contribution in [-0.4, -0.2) is 33.6 Å². The molecule has 1 amide bonds. The lowest BCUT2D eigenvalue weighted by Crippen LogP contribution is -2.43. The fourth-order valence-electron chi connectivity index (χ4n) is 2.60. The number of aliphatic hydroxyl groups excluding tert-OH is 1. The van der Waals surface area contributed by atoms with Gasteiger partial charge in [-0.25, -0.2) is 9.97 Å². The summed E-state index contributed by atoms with van der Waals surface area (Å²) in [5.74, 6) is 0.478. The van der Waals surface area contributed by atoms with Crippen LogP contribution >= 0.6 is 0 Å². The summed E-state index contributed by atoms with van der Waals surface area (Å²) in [7, 11) is 0. The van der Waals surface area contributed by atoms with E-state index < -0.39 is 11.5 Å². The second-order valence-electron chi connectivity index (χ2n) is 7.02. The zero-order valence-electron chi connectivity index (χ0n) is 14.7. The molecule has 2 rings (SSSR count). The van der Waals surface area contributed by atoms with Crippen molar-refractivity contribution in [2.24, 2.45) is 11.3 Å². The first-order valence-electron chi connectivity index (χ1n) is 8.15. The molecule has 1 atom stereocenters. The number of carbonyl (C=O) groups is 1. The van der Waals surface area contributed by atoms with E-state index in [2.05, 4.69) is 15.3 Å². The Morgan fingerprint density at radius 1 is 1.17 bits per heavy atom. The normalized spacial score (nSPS) is 12.9. The largest absolute Gasteiger partial charge is 0.392 e. The van der Waals surface area contributed by atoms with Crippen molar-refractivity contribution in [1.29, 1.82) is 0 Å². The molecule has 0 aliphatic rings. The standard InChI is InChI=1S/C19H25N3O2/c1-13(2)16(23)19(3,4)12-22-18(24)15-10-20-17(21-11-15)14-8-6-5-7-9-14/h5-11,13,16,23H,12H2,1-4H3,(H,22,24). The molecule has 0 saturated heterocycles. The highest BCUT2D eigenvalue weighted by molar-refractivity contribution is 5.93. The number of amides is 1. The van der Waals surface area contributed by atoms with Crippen LogP contribution in [0.3, 0.4) is 0 Å². The van der Waals surface area contributed by atoms with Crippen LogP contribution in [0.2, 0.25) is 0 Å². The van der Waals surface area contributed by atoms with E-state index in [1.807, 2.05) is 58.0 Å². The number of aromatic nitrogens is 2. The van der Waals surface area contributed by atoms with Gasteiger partial charge in [0.2, 0.25) is 0 Å². The van der Waals surface area contributed by atoms with Crippen LogP contribution < -0.4 is 5.32 Å². The number of carbonyl (C=O) groups excluding carboxylic acids is 1. The van der Waals surface area contributed by atoms with Crippen molar-refractivity contribution in [3.05, 3.63) is 48.3 Å². The lowest BCUT2D eigenvalue weighted by Gasteiger charge is -2.33. The van der Waals surface area contributed by atoms with Gasteiger partial charge in [0, 0.05) is 29.9 Å². The van der Waals surface area contributed by atoms with Crippen molar-refractivity contribution >= 4 is 5.91 Å². The smallest absolute Gasteiger partial charge is 0.254 e. The summed E-state index contributed by atoms with van der Waals surface area (Å²) in [4.78, 5) is 20.8. The molecule has 0 saturated carbocycles. The summed E-state index contributed by atoms with van der Waals surface area (Å²) in [5, 5.41) is 13.1. The van der Waals surface area contributed by atoms with Crippen molar-refractivity contribution in [3.8, 4) is 11.4 Å². The van der Waals surface area contributed by atoms with Crippen LogP contribution in [0, 0.1) is 11.3 Å². The third-order valence-corrected chi connectivity index (χ3v) is 4.08. The SMILES string of the molecule is CC(C)C(O)C(C)(C)CNC(=O)c1cnc(-c2ccccc2)nc1. The topological polar surface area (TPSA) is 75.1 Å². The molecular weight excluding hydrogens is 302 g/mol. The Hall–Kier alpha value is -2.27. The predicted octanol–water partition coefficient (Wildman–Crippen LogP) is 2.92. The Kier molecular flexibility index (Phi) is 5.67. The summed E-state index contributed by atoms with van der Waals surface area (Å²) < 4.78 is 0. The molecule has 0 aliphatic heterocycles. The minimum absolute atomic E-state index is 0.130. The number of aliphatic hydroxyl groups is 1. The van der Waals surface area contributed by atoms with E-state index in [9.17, 15) is 9.90 Å². The monoisotopic (exact) mass is 327 g/mol. The Morgan fingerprint density at radius 2 is 1.75 bits per heavy atom. The van der Waals surface area contributed by atoms with Crippen LogP contribution in [-0.2, 0) is 0 Å². The number of hydrogen-bond donors (Lipinski definition) is 2. The van der Waals surface area contributed by atoms with Gasteiger partial charge >= 0.3 is 0 Å². The van der Waals surface area contributed by atoms with Gasteiger partial charge in [-0.05, 0) is 5.92 Å². The van der Waals surface area contributed by atoms with Gasteiger partial charge < -0.3 is 10.4 Å². The number of hydrogen-bond acceptors (Lipinski definition) is 4. The van der Waals surface area contributed by atoms with Crippen molar-refractivity contribution in [2.75, 3.05) is 6.54 Å². The fraction of sp³-hybridized carbons (Fsp3) is 0.421. The maximum atomic E-state index is 12.3. The molecule has 1 aromatic carbocycles. The van der Waals surface area contributed by atoms with Gasteiger partial charge in [-0.15, -0.1) is 0 Å². The van der Waals surface area contributed by atoms with Crippen molar-refractivity contribution in [1.82, 2.24) is 15.3 Å². The van der Waals surface area contributed by atoms with Crippen LogP contribution in [0.15, 0.2) is 42.7 Å². The van der Waals surface area contributed by atoms with E-state index in [1.54, 1.807) is 0 Å². The molecule has 128 valence electrons. The highest BCUT2D eigenvalue weighted by Crippen LogP contribution is 2.25. The van der Waals surface area contributed by atoms with Crippen LogP contribution in [0.5, 0.6) is 0 Å². The molecule has 1 heterocycles. The molecule has 1 aromatic heterocycles. The van der Waals surface area contributed by atoms with Gasteiger partial charge in [-0.3, -0.25) is 4.79 Å². The summed E-state index contributed by atoms with van der Waals surface area (Å²) in [5.41, 5.74) is 0.907. The molecule has 1 unspecified atom stereocenters. The molecule has 0 aliphatic carbocycles. The predicted molar refractivity (Wildman–Crippen MR) is 94.4 cm³/mol. The highest BCUT2D eigenvalue weighted by Gasteiger charge is 2.30. The zero-order chi connectivity index (χ0) is 17.7. The summed E-state index contributed by atoms with van der Waals surface area (Å²) in [6.07, 6.45) is 2.56. The molecular formula is C19H25N3O2. The first-order valence-corrected chi connectivity index (χ1v) is 8.15. The van der Waals surface area contributed by atoms with E-state index in [-0.39, 0.29) is 11.8 Å². The molecule has 0 fully saturated rings. The maximum Gasteiger partial charge on any atom is 0.254 e. The summed E-state index contributed by atoms with van der Waals surface area (Å²) in [6, 6.07) is 9.61. The Bertz CT molecular complexity index is 667. The van der Waals surface area contributed by atoms with Crippen molar-refractivity contribution < 1.29 is 9.90 Å². The molecule has 2 aromatic rings.